The van der Waals surface area contributed by atoms with Crippen molar-refractivity contribution in [2.75, 3.05) is 0 Å². The van der Waals surface area contributed by atoms with Gasteiger partial charge in [-0.05, 0) is 31.2 Å². The normalized spacial score (nSPS) is 11.1. The Bertz CT molecular complexity index is 491. The monoisotopic (exact) mass is 286 g/mol. The molecule has 0 saturated heterocycles. The van der Waals surface area contributed by atoms with Crippen LogP contribution in [0.2, 0.25) is 0 Å². The second kappa shape index (κ2) is 4.33. The van der Waals surface area contributed by atoms with E-state index < -0.39 is 6.43 Å². The van der Waals surface area contributed by atoms with Gasteiger partial charge in [0.2, 0.25) is 0 Å². The SMILES string of the molecule is Cc1c(C(F)F)cnn1-c1ccc(Br)cc1. The van der Waals surface area contributed by atoms with E-state index >= 15 is 0 Å². The summed E-state index contributed by atoms with van der Waals surface area (Å²) in [5.41, 5.74) is 1.22. The molecule has 0 saturated carbocycles. The van der Waals surface area contributed by atoms with E-state index in [2.05, 4.69) is 21.0 Å². The van der Waals surface area contributed by atoms with E-state index in [4.69, 9.17) is 0 Å². The summed E-state index contributed by atoms with van der Waals surface area (Å²) in [6.45, 7) is 1.64. The van der Waals surface area contributed by atoms with Gasteiger partial charge in [0, 0.05) is 4.47 Å². The highest BCUT2D eigenvalue weighted by molar-refractivity contribution is 9.10. The lowest BCUT2D eigenvalue weighted by molar-refractivity contribution is 0.150. The molecule has 0 aliphatic rings. The van der Waals surface area contributed by atoms with Gasteiger partial charge < -0.3 is 0 Å². The molecule has 2 aromatic rings. The molecule has 0 fully saturated rings. The van der Waals surface area contributed by atoms with Crippen LogP contribution in [0.4, 0.5) is 8.78 Å². The van der Waals surface area contributed by atoms with Crippen LogP contribution in [0, 0.1) is 6.92 Å². The molecule has 84 valence electrons. The minimum Gasteiger partial charge on any atom is -0.238 e. The molecule has 0 aliphatic carbocycles. The van der Waals surface area contributed by atoms with Gasteiger partial charge in [0.1, 0.15) is 0 Å². The third-order valence-corrected chi connectivity index (χ3v) is 2.88. The summed E-state index contributed by atoms with van der Waals surface area (Å²) in [6.07, 6.45) is -1.27. The summed E-state index contributed by atoms with van der Waals surface area (Å²) in [5, 5.41) is 3.96. The largest absolute Gasteiger partial charge is 0.267 e. The topological polar surface area (TPSA) is 17.8 Å². The van der Waals surface area contributed by atoms with Crippen molar-refractivity contribution >= 4 is 15.9 Å². The summed E-state index contributed by atoms with van der Waals surface area (Å²) in [7, 11) is 0. The van der Waals surface area contributed by atoms with Crippen LogP contribution in [0.5, 0.6) is 0 Å². The van der Waals surface area contributed by atoms with Crippen LogP contribution in [-0.4, -0.2) is 9.78 Å². The van der Waals surface area contributed by atoms with E-state index in [-0.39, 0.29) is 5.56 Å². The Kier molecular flexibility index (Phi) is 3.05. The molecule has 0 N–H and O–H groups in total. The average Bonchev–Trinajstić information content (AvgIpc) is 2.61. The van der Waals surface area contributed by atoms with Crippen molar-refractivity contribution in [2.24, 2.45) is 0 Å². The molecule has 0 radical (unpaired) electrons. The maximum atomic E-state index is 12.6. The number of halogens is 3. The van der Waals surface area contributed by atoms with Crippen LogP contribution < -0.4 is 0 Å². The Balaban J connectivity index is 2.45. The summed E-state index contributed by atoms with van der Waals surface area (Å²) in [6, 6.07) is 7.33. The zero-order chi connectivity index (χ0) is 11.7. The zero-order valence-corrected chi connectivity index (χ0v) is 10.1. The number of aromatic nitrogens is 2. The van der Waals surface area contributed by atoms with Crippen LogP contribution in [0.3, 0.4) is 0 Å². The van der Waals surface area contributed by atoms with Crippen LogP contribution in [0.25, 0.3) is 5.69 Å². The van der Waals surface area contributed by atoms with Crippen molar-refractivity contribution in [3.63, 3.8) is 0 Å². The first-order chi connectivity index (χ1) is 7.59. The lowest BCUT2D eigenvalue weighted by atomic mass is 10.2. The Labute approximate surface area is 100 Å². The van der Waals surface area contributed by atoms with Crippen LogP contribution in [-0.2, 0) is 0 Å². The van der Waals surface area contributed by atoms with Crippen molar-refractivity contribution in [2.45, 2.75) is 13.3 Å². The molecule has 0 atom stereocenters. The number of hydrogen-bond donors (Lipinski definition) is 0. The molecule has 0 bridgehead atoms. The fourth-order valence-corrected chi connectivity index (χ4v) is 1.74. The quantitative estimate of drug-likeness (QED) is 0.819. The smallest absolute Gasteiger partial charge is 0.238 e. The molecule has 0 spiro atoms. The molecule has 1 aromatic carbocycles. The van der Waals surface area contributed by atoms with Crippen molar-refractivity contribution in [1.29, 1.82) is 0 Å². The van der Waals surface area contributed by atoms with E-state index in [0.717, 1.165) is 10.2 Å². The molecule has 1 aromatic heterocycles. The summed E-state index contributed by atoms with van der Waals surface area (Å²) in [5.74, 6) is 0. The van der Waals surface area contributed by atoms with Gasteiger partial charge in [0.25, 0.3) is 6.43 Å². The first-order valence-corrected chi connectivity index (χ1v) is 5.47. The molecule has 2 rings (SSSR count). The van der Waals surface area contributed by atoms with Gasteiger partial charge in [0.15, 0.2) is 0 Å². The van der Waals surface area contributed by atoms with Gasteiger partial charge in [-0.1, -0.05) is 15.9 Å². The van der Waals surface area contributed by atoms with Crippen molar-refractivity contribution < 1.29 is 8.78 Å². The highest BCUT2D eigenvalue weighted by Gasteiger charge is 2.15. The maximum absolute atomic E-state index is 12.6. The second-order valence-corrected chi connectivity index (χ2v) is 4.29. The fraction of sp³-hybridized carbons (Fsp3) is 0.182. The molecule has 5 heteroatoms. The number of nitrogens with zero attached hydrogens (tertiary/aromatic N) is 2. The van der Waals surface area contributed by atoms with Gasteiger partial charge in [-0.15, -0.1) is 0 Å². The number of rotatable bonds is 2. The van der Waals surface area contributed by atoms with E-state index in [1.54, 1.807) is 6.92 Å². The third kappa shape index (κ3) is 2.00. The minimum atomic E-state index is -2.48. The van der Waals surface area contributed by atoms with E-state index in [1.165, 1.54) is 10.9 Å². The summed E-state index contributed by atoms with van der Waals surface area (Å²) in [4.78, 5) is 0. The number of hydrogen-bond acceptors (Lipinski definition) is 1. The summed E-state index contributed by atoms with van der Waals surface area (Å²) >= 11 is 3.32. The number of alkyl halides is 2. The maximum Gasteiger partial charge on any atom is 0.267 e. The molecule has 2 nitrogen and oxygen atoms in total. The van der Waals surface area contributed by atoms with Gasteiger partial charge in [-0.3, -0.25) is 0 Å². The Morgan fingerprint density at radius 1 is 1.25 bits per heavy atom. The fourth-order valence-electron chi connectivity index (χ4n) is 1.48. The van der Waals surface area contributed by atoms with Gasteiger partial charge >= 0.3 is 0 Å². The predicted molar refractivity (Wildman–Crippen MR) is 61.0 cm³/mol. The highest BCUT2D eigenvalue weighted by atomic mass is 79.9. The standard InChI is InChI=1S/C11H9BrF2N2/c1-7-10(11(13)14)6-15-16(7)9-4-2-8(12)3-5-9/h2-6,11H,1H3. The average molecular weight is 287 g/mol. The van der Waals surface area contributed by atoms with Crippen molar-refractivity contribution in [3.8, 4) is 5.69 Å². The first-order valence-electron chi connectivity index (χ1n) is 4.68. The molecule has 0 amide bonds. The number of benzene rings is 1. The zero-order valence-electron chi connectivity index (χ0n) is 8.49. The first kappa shape index (κ1) is 11.3. The van der Waals surface area contributed by atoms with E-state index in [0.29, 0.717) is 5.69 Å². The molecule has 16 heavy (non-hydrogen) atoms. The van der Waals surface area contributed by atoms with E-state index in [1.807, 2.05) is 24.3 Å². The molecule has 0 unspecified atom stereocenters. The Morgan fingerprint density at radius 3 is 2.38 bits per heavy atom. The van der Waals surface area contributed by atoms with Gasteiger partial charge in [0.05, 0.1) is 23.1 Å². The third-order valence-electron chi connectivity index (χ3n) is 2.35. The van der Waals surface area contributed by atoms with E-state index in [9.17, 15) is 8.78 Å². The van der Waals surface area contributed by atoms with Crippen LogP contribution in [0.15, 0.2) is 34.9 Å². The van der Waals surface area contributed by atoms with Crippen LogP contribution >= 0.6 is 15.9 Å². The van der Waals surface area contributed by atoms with Gasteiger partial charge in [-0.2, -0.15) is 5.10 Å². The Hall–Kier alpha value is -1.23. The predicted octanol–water partition coefficient (Wildman–Crippen LogP) is 3.88. The Morgan fingerprint density at radius 2 is 1.88 bits per heavy atom. The summed E-state index contributed by atoms with van der Waals surface area (Å²) < 4.78 is 27.6. The minimum absolute atomic E-state index is 0.0251. The lowest BCUT2D eigenvalue weighted by Crippen LogP contribution is -1.99. The molecule has 0 aliphatic heterocycles. The van der Waals surface area contributed by atoms with Crippen molar-refractivity contribution in [1.82, 2.24) is 9.78 Å². The molecular formula is C11H9BrF2N2. The van der Waals surface area contributed by atoms with Crippen LogP contribution in [0.1, 0.15) is 17.7 Å². The second-order valence-electron chi connectivity index (χ2n) is 3.37. The van der Waals surface area contributed by atoms with Crippen molar-refractivity contribution in [3.05, 3.63) is 46.2 Å². The molecule has 1 heterocycles. The van der Waals surface area contributed by atoms with Gasteiger partial charge in [-0.25, -0.2) is 13.5 Å². The highest BCUT2D eigenvalue weighted by Crippen LogP contribution is 2.24. The lowest BCUT2D eigenvalue weighted by Gasteiger charge is -2.05. The molecular weight excluding hydrogens is 278 g/mol.